The van der Waals surface area contributed by atoms with Gasteiger partial charge < -0.3 is 11.1 Å². The summed E-state index contributed by atoms with van der Waals surface area (Å²) in [7, 11) is 0. The average molecular weight is 346 g/mol. The Labute approximate surface area is 140 Å². The maximum absolute atomic E-state index is 12.3. The number of nitrogen functional groups attached to an aromatic ring is 1. The van der Waals surface area contributed by atoms with Crippen LogP contribution < -0.4 is 11.1 Å². The molecule has 3 N–H and O–H groups in total. The van der Waals surface area contributed by atoms with Gasteiger partial charge in [0, 0.05) is 29.1 Å². The fourth-order valence-corrected chi connectivity index (χ4v) is 3.49. The fraction of sp³-hybridized carbons (Fsp3) is 0.200. The van der Waals surface area contributed by atoms with E-state index in [1.54, 1.807) is 18.3 Å². The normalized spacial score (nSPS) is 19.7. The van der Waals surface area contributed by atoms with Crippen LogP contribution >= 0.6 is 23.1 Å². The van der Waals surface area contributed by atoms with Crippen molar-refractivity contribution in [2.45, 2.75) is 12.3 Å². The van der Waals surface area contributed by atoms with E-state index in [9.17, 15) is 4.79 Å². The summed E-state index contributed by atoms with van der Waals surface area (Å²) in [4.78, 5) is 20.5. The molecule has 3 aromatic rings. The van der Waals surface area contributed by atoms with E-state index in [1.807, 2.05) is 11.6 Å². The minimum Gasteiger partial charge on any atom is -0.383 e. The number of anilines is 2. The Morgan fingerprint density at radius 3 is 3.04 bits per heavy atom. The van der Waals surface area contributed by atoms with Gasteiger partial charge in [0.15, 0.2) is 0 Å². The molecular weight excluding hydrogens is 334 g/mol. The molecule has 8 heteroatoms. The lowest BCUT2D eigenvalue weighted by molar-refractivity contribution is -0.117. The van der Waals surface area contributed by atoms with Crippen LogP contribution in [0.25, 0.3) is 10.8 Å². The van der Waals surface area contributed by atoms with Gasteiger partial charge in [-0.05, 0) is 47.0 Å². The summed E-state index contributed by atoms with van der Waals surface area (Å²) >= 11 is 7.32. The van der Waals surface area contributed by atoms with Gasteiger partial charge in [0.1, 0.15) is 16.8 Å². The Kier molecular flexibility index (Phi) is 3.39. The zero-order chi connectivity index (χ0) is 16.0. The Morgan fingerprint density at radius 1 is 1.39 bits per heavy atom. The lowest BCUT2D eigenvalue weighted by Crippen LogP contribution is -2.15. The Hall–Kier alpha value is -2.25. The Bertz CT molecular complexity index is 898. The maximum Gasteiger partial charge on any atom is 0.229 e. The number of rotatable bonds is 3. The third-order valence-electron chi connectivity index (χ3n) is 3.97. The highest BCUT2D eigenvalue weighted by Crippen LogP contribution is 2.48. The number of fused-ring (bicyclic) bond motifs is 1. The number of hydrogen-bond acceptors (Lipinski definition) is 6. The van der Waals surface area contributed by atoms with Gasteiger partial charge in [-0.15, -0.1) is 0 Å². The van der Waals surface area contributed by atoms with Gasteiger partial charge in [-0.2, -0.15) is 0 Å². The van der Waals surface area contributed by atoms with Crippen molar-refractivity contribution in [3.63, 3.8) is 0 Å². The highest BCUT2D eigenvalue weighted by molar-refractivity contribution is 7.03. The zero-order valence-electron chi connectivity index (χ0n) is 11.9. The van der Waals surface area contributed by atoms with Crippen LogP contribution in [0.1, 0.15) is 17.9 Å². The number of nitrogens with two attached hydrogens (primary N) is 1. The summed E-state index contributed by atoms with van der Waals surface area (Å²) < 4.78 is 4.08. The van der Waals surface area contributed by atoms with E-state index >= 15 is 0 Å². The van der Waals surface area contributed by atoms with Crippen molar-refractivity contribution in [1.82, 2.24) is 14.3 Å². The molecule has 4 rings (SSSR count). The lowest BCUT2D eigenvalue weighted by Gasteiger charge is -2.07. The van der Waals surface area contributed by atoms with Crippen LogP contribution in [0.5, 0.6) is 0 Å². The summed E-state index contributed by atoms with van der Waals surface area (Å²) in [5, 5.41) is 6.66. The first kappa shape index (κ1) is 14.3. The van der Waals surface area contributed by atoms with Crippen LogP contribution in [-0.2, 0) is 4.79 Å². The number of nitrogens with one attached hydrogen (secondary N) is 1. The summed E-state index contributed by atoms with van der Waals surface area (Å²) in [5.41, 5.74) is 6.94. The van der Waals surface area contributed by atoms with Crippen molar-refractivity contribution in [2.75, 3.05) is 11.1 Å². The topological polar surface area (TPSA) is 93.8 Å². The number of hydrogen-bond donors (Lipinski definition) is 2. The number of carbonyl (C=O) groups is 1. The third-order valence-corrected chi connectivity index (χ3v) is 4.77. The molecule has 23 heavy (non-hydrogen) atoms. The standard InChI is InChI=1S/C15H12ClN5OS/c16-12-1-7-2-13(18-5-11(7)14(17)20-12)21-15(22)10-3-9(10)8-4-19-23-6-8/h1-2,4-6,9-10H,3H2,(H2,17,20)(H,18,21,22). The minimum absolute atomic E-state index is 0.0185. The second-order valence-corrected chi connectivity index (χ2v) is 6.56. The van der Waals surface area contributed by atoms with Crippen molar-refractivity contribution in [1.29, 1.82) is 0 Å². The molecule has 0 radical (unpaired) electrons. The summed E-state index contributed by atoms with van der Waals surface area (Å²) in [5.74, 6) is 1.03. The first-order chi connectivity index (χ1) is 11.1. The Morgan fingerprint density at radius 2 is 2.26 bits per heavy atom. The summed E-state index contributed by atoms with van der Waals surface area (Å²) in [6.07, 6.45) is 4.27. The van der Waals surface area contributed by atoms with Crippen LogP contribution in [0.4, 0.5) is 11.6 Å². The van der Waals surface area contributed by atoms with Crippen molar-refractivity contribution >= 4 is 51.4 Å². The van der Waals surface area contributed by atoms with Gasteiger partial charge >= 0.3 is 0 Å². The average Bonchev–Trinajstić information content (AvgIpc) is 3.13. The van der Waals surface area contributed by atoms with Crippen molar-refractivity contribution in [3.8, 4) is 0 Å². The summed E-state index contributed by atoms with van der Waals surface area (Å²) in [6.45, 7) is 0. The molecule has 1 aliphatic rings. The molecule has 0 spiro atoms. The van der Waals surface area contributed by atoms with Gasteiger partial charge in [-0.25, -0.2) is 14.3 Å². The molecule has 0 saturated heterocycles. The van der Waals surface area contributed by atoms with Gasteiger partial charge in [0.2, 0.25) is 5.91 Å². The highest BCUT2D eigenvalue weighted by Gasteiger charge is 2.44. The first-order valence-corrected chi connectivity index (χ1v) is 8.25. The maximum atomic E-state index is 12.3. The van der Waals surface area contributed by atoms with E-state index in [4.69, 9.17) is 17.3 Å². The van der Waals surface area contributed by atoms with Crippen LogP contribution in [0, 0.1) is 5.92 Å². The molecule has 0 aromatic carbocycles. The molecule has 1 fully saturated rings. The van der Waals surface area contributed by atoms with E-state index in [0.29, 0.717) is 22.2 Å². The second-order valence-electron chi connectivity index (χ2n) is 5.52. The molecule has 1 saturated carbocycles. The predicted octanol–water partition coefficient (Wildman–Crippen LogP) is 3.06. The van der Waals surface area contributed by atoms with E-state index in [1.165, 1.54) is 11.5 Å². The molecule has 3 heterocycles. The molecule has 6 nitrogen and oxygen atoms in total. The number of nitrogens with zero attached hydrogens (tertiary/aromatic N) is 3. The molecule has 0 bridgehead atoms. The van der Waals surface area contributed by atoms with Gasteiger partial charge in [0.25, 0.3) is 0 Å². The quantitative estimate of drug-likeness (QED) is 0.711. The highest BCUT2D eigenvalue weighted by atomic mass is 35.5. The number of halogens is 1. The SMILES string of the molecule is Nc1nc(Cl)cc2cc(NC(=O)C3CC3c3cnsc3)ncc12. The second kappa shape index (κ2) is 5.43. The first-order valence-electron chi connectivity index (χ1n) is 7.04. The summed E-state index contributed by atoms with van der Waals surface area (Å²) in [6, 6.07) is 3.45. The van der Waals surface area contributed by atoms with Crippen LogP contribution in [0.15, 0.2) is 29.9 Å². The molecule has 3 aromatic heterocycles. The Balaban J connectivity index is 1.53. The largest absolute Gasteiger partial charge is 0.383 e. The monoisotopic (exact) mass is 345 g/mol. The number of carbonyl (C=O) groups excluding carboxylic acids is 1. The molecule has 0 aliphatic heterocycles. The fourth-order valence-electron chi connectivity index (χ4n) is 2.68. The van der Waals surface area contributed by atoms with E-state index in [0.717, 1.165) is 17.4 Å². The molecule has 116 valence electrons. The number of pyridine rings is 2. The minimum atomic E-state index is -0.0267. The molecule has 1 aliphatic carbocycles. The van der Waals surface area contributed by atoms with Gasteiger partial charge in [-0.3, -0.25) is 4.79 Å². The van der Waals surface area contributed by atoms with Crippen LogP contribution in [0.3, 0.4) is 0 Å². The molecule has 2 unspecified atom stereocenters. The number of amides is 1. The molecule has 1 amide bonds. The van der Waals surface area contributed by atoms with Crippen molar-refractivity contribution in [3.05, 3.63) is 40.6 Å². The predicted molar refractivity (Wildman–Crippen MR) is 90.6 cm³/mol. The number of aromatic nitrogens is 3. The zero-order valence-corrected chi connectivity index (χ0v) is 13.4. The van der Waals surface area contributed by atoms with E-state index < -0.39 is 0 Å². The van der Waals surface area contributed by atoms with Crippen LogP contribution in [0.2, 0.25) is 5.15 Å². The lowest BCUT2D eigenvalue weighted by atomic mass is 10.2. The molecule has 2 atom stereocenters. The van der Waals surface area contributed by atoms with E-state index in [-0.39, 0.29) is 17.7 Å². The third kappa shape index (κ3) is 2.73. The van der Waals surface area contributed by atoms with Gasteiger partial charge in [0.05, 0.1) is 0 Å². The smallest absolute Gasteiger partial charge is 0.229 e. The van der Waals surface area contributed by atoms with Gasteiger partial charge in [-0.1, -0.05) is 11.6 Å². The van der Waals surface area contributed by atoms with Crippen molar-refractivity contribution < 1.29 is 4.79 Å². The van der Waals surface area contributed by atoms with Crippen molar-refractivity contribution in [2.24, 2.45) is 5.92 Å². The van der Waals surface area contributed by atoms with E-state index in [2.05, 4.69) is 19.7 Å². The molecular formula is C15H12ClN5OS. The van der Waals surface area contributed by atoms with Crippen LogP contribution in [-0.4, -0.2) is 20.2 Å².